The van der Waals surface area contributed by atoms with Crippen molar-refractivity contribution in [1.29, 1.82) is 0 Å². The first-order valence-corrected chi connectivity index (χ1v) is 8.56. The van der Waals surface area contributed by atoms with E-state index in [1.807, 2.05) is 0 Å². The van der Waals surface area contributed by atoms with E-state index in [-0.39, 0.29) is 47.9 Å². The largest absolute Gasteiger partial charge is 0.439 e. The molecule has 2 aromatic rings. The molecule has 2 N–H and O–H groups in total. The van der Waals surface area contributed by atoms with Crippen LogP contribution in [0.3, 0.4) is 0 Å². The first-order valence-electron chi connectivity index (χ1n) is 8.56. The topological polar surface area (TPSA) is 63.2 Å². The normalized spacial score (nSPS) is 19.4. The van der Waals surface area contributed by atoms with Gasteiger partial charge < -0.3 is 15.4 Å². The van der Waals surface area contributed by atoms with Crippen LogP contribution in [-0.2, 0) is 4.79 Å². The molecule has 1 saturated carbocycles. The van der Waals surface area contributed by atoms with E-state index in [0.717, 1.165) is 32.4 Å². The lowest BCUT2D eigenvalue weighted by molar-refractivity contribution is -0.118. The van der Waals surface area contributed by atoms with Crippen LogP contribution in [0.4, 0.5) is 10.1 Å². The third-order valence-corrected chi connectivity index (χ3v) is 5.15. The number of rotatable bonds is 4. The summed E-state index contributed by atoms with van der Waals surface area (Å²) in [4.78, 5) is 16.6. The number of pyridine rings is 1. The highest BCUT2D eigenvalue weighted by molar-refractivity contribution is 5.95. The Morgan fingerprint density at radius 3 is 2.48 bits per heavy atom. The van der Waals surface area contributed by atoms with Crippen LogP contribution in [0.1, 0.15) is 19.3 Å². The van der Waals surface area contributed by atoms with Gasteiger partial charge in [0.15, 0.2) is 0 Å². The highest BCUT2D eigenvalue weighted by Crippen LogP contribution is 2.58. The Balaban J connectivity index is 0.00000131. The molecule has 2 aliphatic rings. The Bertz CT molecular complexity index is 766. The molecule has 8 heteroatoms. The smallest absolute Gasteiger partial charge is 0.228 e. The number of piperidine rings is 1. The van der Waals surface area contributed by atoms with Crippen molar-refractivity contribution in [2.45, 2.75) is 19.3 Å². The van der Waals surface area contributed by atoms with Crippen molar-refractivity contribution in [2.24, 2.45) is 11.3 Å². The van der Waals surface area contributed by atoms with E-state index in [1.165, 1.54) is 24.3 Å². The van der Waals surface area contributed by atoms with E-state index in [4.69, 9.17) is 4.74 Å². The zero-order valence-corrected chi connectivity index (χ0v) is 16.2. The minimum Gasteiger partial charge on any atom is -0.439 e. The second-order valence-corrected chi connectivity index (χ2v) is 6.80. The Hall–Kier alpha value is -1.89. The van der Waals surface area contributed by atoms with Crippen LogP contribution >= 0.6 is 24.8 Å². The van der Waals surface area contributed by atoms with Crippen molar-refractivity contribution in [3.63, 3.8) is 0 Å². The van der Waals surface area contributed by atoms with Gasteiger partial charge >= 0.3 is 0 Å². The van der Waals surface area contributed by atoms with Crippen molar-refractivity contribution in [3.8, 4) is 11.6 Å². The van der Waals surface area contributed by atoms with E-state index in [1.54, 1.807) is 18.3 Å². The Kier molecular flexibility index (Phi) is 7.03. The van der Waals surface area contributed by atoms with Crippen LogP contribution in [0.5, 0.6) is 11.6 Å². The first-order chi connectivity index (χ1) is 12.1. The standard InChI is InChI=1S/C19H20FN3O2.2ClH/c20-13-1-4-15(5-2-13)25-17-6-3-14(12-22-17)23-18(24)16-11-19(16)7-9-21-10-8-19;;/h1-6,12,16,21H,7-11H2,(H,23,24);2*1H. The van der Waals surface area contributed by atoms with E-state index < -0.39 is 0 Å². The third-order valence-electron chi connectivity index (χ3n) is 5.15. The summed E-state index contributed by atoms with van der Waals surface area (Å²) in [6, 6.07) is 9.19. The molecule has 1 aliphatic carbocycles. The number of halogens is 3. The lowest BCUT2D eigenvalue weighted by Gasteiger charge is -2.23. The van der Waals surface area contributed by atoms with Crippen molar-refractivity contribution in [1.82, 2.24) is 10.3 Å². The molecule has 27 heavy (non-hydrogen) atoms. The maximum Gasteiger partial charge on any atom is 0.228 e. The molecule has 1 aromatic carbocycles. The molecular weight excluding hydrogens is 392 g/mol. The van der Waals surface area contributed by atoms with Crippen molar-refractivity contribution < 1.29 is 13.9 Å². The van der Waals surface area contributed by atoms with Gasteiger partial charge in [0.05, 0.1) is 11.9 Å². The molecule has 1 saturated heterocycles. The van der Waals surface area contributed by atoms with Crippen LogP contribution in [0.2, 0.25) is 0 Å². The summed E-state index contributed by atoms with van der Waals surface area (Å²) >= 11 is 0. The Morgan fingerprint density at radius 2 is 1.85 bits per heavy atom. The summed E-state index contributed by atoms with van der Waals surface area (Å²) in [5, 5.41) is 6.29. The van der Waals surface area contributed by atoms with Gasteiger partial charge in [-0.2, -0.15) is 0 Å². The molecule has 4 rings (SSSR count). The van der Waals surface area contributed by atoms with Gasteiger partial charge in [-0.3, -0.25) is 4.79 Å². The molecule has 2 heterocycles. The van der Waals surface area contributed by atoms with Gasteiger partial charge in [0.1, 0.15) is 11.6 Å². The van der Waals surface area contributed by atoms with Gasteiger partial charge in [0, 0.05) is 12.0 Å². The van der Waals surface area contributed by atoms with Crippen LogP contribution in [-0.4, -0.2) is 24.0 Å². The molecule has 0 bridgehead atoms. The number of carbonyl (C=O) groups excluding carboxylic acids is 1. The lowest BCUT2D eigenvalue weighted by Crippen LogP contribution is -2.31. The summed E-state index contributed by atoms with van der Waals surface area (Å²) in [7, 11) is 0. The highest BCUT2D eigenvalue weighted by atomic mass is 35.5. The molecule has 1 atom stereocenters. The van der Waals surface area contributed by atoms with Crippen LogP contribution < -0.4 is 15.4 Å². The SMILES string of the molecule is Cl.Cl.O=C(Nc1ccc(Oc2ccc(F)cc2)nc1)C1CC12CCNCC2. The van der Waals surface area contributed by atoms with Gasteiger partial charge in [0.25, 0.3) is 0 Å². The number of anilines is 1. The van der Waals surface area contributed by atoms with Gasteiger partial charge in [-0.1, -0.05) is 0 Å². The fourth-order valence-corrected chi connectivity index (χ4v) is 3.56. The summed E-state index contributed by atoms with van der Waals surface area (Å²) in [6.07, 6.45) is 4.72. The van der Waals surface area contributed by atoms with Crippen LogP contribution in [0.25, 0.3) is 0 Å². The zero-order valence-electron chi connectivity index (χ0n) is 14.6. The van der Waals surface area contributed by atoms with E-state index in [2.05, 4.69) is 15.6 Å². The monoisotopic (exact) mass is 413 g/mol. The minimum atomic E-state index is -0.315. The lowest BCUT2D eigenvalue weighted by atomic mass is 9.92. The average Bonchev–Trinajstić information content (AvgIpc) is 3.32. The van der Waals surface area contributed by atoms with E-state index >= 15 is 0 Å². The second-order valence-electron chi connectivity index (χ2n) is 6.80. The number of carbonyl (C=O) groups is 1. The maximum atomic E-state index is 12.9. The number of nitrogens with one attached hydrogen (secondary N) is 2. The van der Waals surface area contributed by atoms with Crippen LogP contribution in [0, 0.1) is 17.2 Å². The molecule has 1 amide bonds. The summed E-state index contributed by atoms with van der Waals surface area (Å²) in [5.74, 6) is 0.785. The molecule has 1 aromatic heterocycles. The summed E-state index contributed by atoms with van der Waals surface area (Å²) in [5.41, 5.74) is 0.876. The average molecular weight is 414 g/mol. The minimum absolute atomic E-state index is 0. The van der Waals surface area contributed by atoms with Crippen molar-refractivity contribution in [3.05, 3.63) is 48.4 Å². The Morgan fingerprint density at radius 1 is 1.15 bits per heavy atom. The number of ether oxygens (including phenoxy) is 1. The number of hydrogen-bond donors (Lipinski definition) is 2. The van der Waals surface area contributed by atoms with E-state index in [9.17, 15) is 9.18 Å². The Labute approximate surface area is 169 Å². The number of amides is 1. The molecule has 0 radical (unpaired) electrons. The van der Waals surface area contributed by atoms with Gasteiger partial charge in [-0.25, -0.2) is 9.37 Å². The maximum absolute atomic E-state index is 12.9. The summed E-state index contributed by atoms with van der Waals surface area (Å²) < 4.78 is 18.4. The third kappa shape index (κ3) is 4.89. The first kappa shape index (κ1) is 21.4. The zero-order chi connectivity index (χ0) is 17.3. The summed E-state index contributed by atoms with van der Waals surface area (Å²) in [6.45, 7) is 2.00. The number of hydrogen-bond acceptors (Lipinski definition) is 4. The van der Waals surface area contributed by atoms with Gasteiger partial charge in [0.2, 0.25) is 11.8 Å². The fraction of sp³-hybridized carbons (Fsp3) is 0.368. The molecule has 1 unspecified atom stereocenters. The second kappa shape index (κ2) is 8.87. The predicted octanol–water partition coefficient (Wildman–Crippen LogP) is 4.18. The molecular formula is C19H22Cl2FN3O2. The van der Waals surface area contributed by atoms with Gasteiger partial charge in [-0.15, -0.1) is 24.8 Å². The van der Waals surface area contributed by atoms with E-state index in [0.29, 0.717) is 17.3 Å². The fourth-order valence-electron chi connectivity index (χ4n) is 3.56. The molecule has 1 aliphatic heterocycles. The molecule has 5 nitrogen and oxygen atoms in total. The number of benzene rings is 1. The molecule has 1 spiro atoms. The van der Waals surface area contributed by atoms with Gasteiger partial charge in [-0.05, 0) is 68.1 Å². The number of nitrogens with zero attached hydrogens (tertiary/aromatic N) is 1. The predicted molar refractivity (Wildman–Crippen MR) is 106 cm³/mol. The van der Waals surface area contributed by atoms with Crippen LogP contribution in [0.15, 0.2) is 42.6 Å². The highest BCUT2D eigenvalue weighted by Gasteiger charge is 2.57. The quantitative estimate of drug-likeness (QED) is 0.788. The molecule has 146 valence electrons. The molecule has 2 fully saturated rings. The number of aromatic nitrogens is 1. The van der Waals surface area contributed by atoms with Crippen molar-refractivity contribution >= 4 is 36.4 Å². The van der Waals surface area contributed by atoms with Crippen molar-refractivity contribution in [2.75, 3.05) is 18.4 Å².